The first kappa shape index (κ1) is 25.1. The first-order chi connectivity index (χ1) is 14.6. The van der Waals surface area contributed by atoms with Crippen LogP contribution in [-0.2, 0) is 19.6 Å². The van der Waals surface area contributed by atoms with Crippen molar-refractivity contribution in [3.05, 3.63) is 63.6 Å². The van der Waals surface area contributed by atoms with Crippen LogP contribution in [0, 0.1) is 0 Å². The molecule has 0 bridgehead atoms. The molecule has 168 valence electrons. The van der Waals surface area contributed by atoms with Crippen LogP contribution >= 0.6 is 23.2 Å². The van der Waals surface area contributed by atoms with Gasteiger partial charge >= 0.3 is 5.97 Å². The third kappa shape index (κ3) is 6.20. The van der Waals surface area contributed by atoms with Crippen LogP contribution in [-0.4, -0.2) is 44.8 Å². The fraction of sp³-hybridized carbons (Fsp3) is 0.333. The van der Waals surface area contributed by atoms with Crippen molar-refractivity contribution < 1.29 is 22.7 Å². The lowest BCUT2D eigenvalue weighted by atomic mass is 10.0. The molecule has 2 rings (SSSR count). The largest absolute Gasteiger partial charge is 0.469 e. The third-order valence-electron chi connectivity index (χ3n) is 4.69. The molecule has 10 heteroatoms. The zero-order valence-electron chi connectivity index (χ0n) is 17.4. The van der Waals surface area contributed by atoms with Crippen LogP contribution in [0.15, 0.2) is 47.4 Å². The number of benzene rings is 2. The van der Waals surface area contributed by atoms with Gasteiger partial charge in [0.25, 0.3) is 5.91 Å². The molecule has 0 spiro atoms. The van der Waals surface area contributed by atoms with Crippen LogP contribution in [0.4, 0.5) is 0 Å². The fourth-order valence-corrected chi connectivity index (χ4v) is 5.07. The molecule has 1 atom stereocenters. The van der Waals surface area contributed by atoms with Crippen LogP contribution in [0.3, 0.4) is 0 Å². The van der Waals surface area contributed by atoms with Crippen molar-refractivity contribution in [1.82, 2.24) is 9.62 Å². The summed E-state index contributed by atoms with van der Waals surface area (Å²) < 4.78 is 31.8. The number of carbonyl (C=O) groups is 2. The molecule has 0 aliphatic heterocycles. The number of hydrogen-bond acceptors (Lipinski definition) is 5. The molecular formula is C21H24Cl2N2O5S. The van der Waals surface area contributed by atoms with Crippen molar-refractivity contribution in [3.63, 3.8) is 0 Å². The number of halogens is 2. The van der Waals surface area contributed by atoms with Crippen molar-refractivity contribution in [1.29, 1.82) is 0 Å². The zero-order chi connectivity index (χ0) is 23.2. The van der Waals surface area contributed by atoms with E-state index in [1.165, 1.54) is 29.6 Å². The van der Waals surface area contributed by atoms with Gasteiger partial charge in [0, 0.05) is 23.7 Å². The van der Waals surface area contributed by atoms with Crippen molar-refractivity contribution in [2.75, 3.05) is 20.2 Å². The van der Waals surface area contributed by atoms with Gasteiger partial charge in [-0.15, -0.1) is 0 Å². The highest BCUT2D eigenvalue weighted by atomic mass is 35.5. The van der Waals surface area contributed by atoms with Gasteiger partial charge in [0.2, 0.25) is 10.0 Å². The maximum absolute atomic E-state index is 12.9. The second-order valence-electron chi connectivity index (χ2n) is 6.59. The SMILES string of the molecule is CCN(CC)S(=O)(=O)c1cc(C(=O)NC(CC(=O)OC)c2ccc(Cl)cc2)ccc1Cl. The van der Waals surface area contributed by atoms with E-state index in [0.29, 0.717) is 10.6 Å². The molecule has 2 aromatic rings. The van der Waals surface area contributed by atoms with Crippen molar-refractivity contribution in [2.45, 2.75) is 31.2 Å². The number of nitrogens with zero attached hydrogens (tertiary/aromatic N) is 1. The summed E-state index contributed by atoms with van der Waals surface area (Å²) in [6.07, 6.45) is -0.109. The zero-order valence-corrected chi connectivity index (χ0v) is 19.7. The quantitative estimate of drug-likeness (QED) is 0.539. The van der Waals surface area contributed by atoms with Crippen LogP contribution in [0.5, 0.6) is 0 Å². The summed E-state index contributed by atoms with van der Waals surface area (Å²) in [6.45, 7) is 3.97. The highest BCUT2D eigenvalue weighted by Gasteiger charge is 2.26. The predicted octanol–water partition coefficient (Wildman–Crippen LogP) is 4.06. The average Bonchev–Trinajstić information content (AvgIpc) is 2.74. The first-order valence-corrected chi connectivity index (χ1v) is 11.8. The summed E-state index contributed by atoms with van der Waals surface area (Å²) in [7, 11) is -2.61. The van der Waals surface area contributed by atoms with Crippen molar-refractivity contribution >= 4 is 45.1 Å². The average molecular weight is 487 g/mol. The summed E-state index contributed by atoms with van der Waals surface area (Å²) in [5, 5.41) is 3.29. The van der Waals surface area contributed by atoms with Gasteiger partial charge in [0.1, 0.15) is 4.90 Å². The minimum atomic E-state index is -3.86. The molecule has 0 saturated heterocycles. The van der Waals surface area contributed by atoms with Crippen LogP contribution in [0.2, 0.25) is 10.0 Å². The Bertz CT molecular complexity index is 1040. The molecule has 1 N–H and O–H groups in total. The van der Waals surface area contributed by atoms with Gasteiger partial charge in [0.15, 0.2) is 0 Å². The Morgan fingerprint density at radius 1 is 1.06 bits per heavy atom. The maximum atomic E-state index is 12.9. The van der Waals surface area contributed by atoms with E-state index in [-0.39, 0.29) is 35.0 Å². The molecule has 0 saturated carbocycles. The van der Waals surface area contributed by atoms with Crippen molar-refractivity contribution in [2.24, 2.45) is 0 Å². The second-order valence-corrected chi connectivity index (χ2v) is 9.34. The Kier molecular flexibility index (Phi) is 8.88. The number of amides is 1. The van der Waals surface area contributed by atoms with Gasteiger partial charge in [-0.3, -0.25) is 9.59 Å². The van der Waals surface area contributed by atoms with E-state index in [2.05, 4.69) is 5.32 Å². The van der Waals surface area contributed by atoms with Crippen molar-refractivity contribution in [3.8, 4) is 0 Å². The van der Waals surface area contributed by atoms with Gasteiger partial charge in [-0.05, 0) is 35.9 Å². The Hall–Kier alpha value is -2.13. The number of hydrogen-bond donors (Lipinski definition) is 1. The summed E-state index contributed by atoms with van der Waals surface area (Å²) in [5.41, 5.74) is 0.743. The second kappa shape index (κ2) is 10.9. The van der Waals surface area contributed by atoms with E-state index < -0.39 is 27.9 Å². The predicted molar refractivity (Wildman–Crippen MR) is 120 cm³/mol. The maximum Gasteiger partial charge on any atom is 0.307 e. The first-order valence-electron chi connectivity index (χ1n) is 9.56. The molecule has 0 fully saturated rings. The summed E-state index contributed by atoms with van der Waals surface area (Å²) in [6, 6.07) is 10.00. The molecule has 0 aromatic heterocycles. The normalized spacial score (nSPS) is 12.5. The highest BCUT2D eigenvalue weighted by molar-refractivity contribution is 7.89. The minimum Gasteiger partial charge on any atom is -0.469 e. The number of rotatable bonds is 9. The molecule has 0 heterocycles. The summed E-state index contributed by atoms with van der Waals surface area (Å²) in [5.74, 6) is -1.07. The van der Waals surface area contributed by atoms with Gasteiger partial charge in [0.05, 0.1) is 24.6 Å². The van der Waals surface area contributed by atoms with Gasteiger partial charge in [-0.2, -0.15) is 4.31 Å². The molecule has 0 aliphatic rings. The van der Waals surface area contributed by atoms with E-state index in [0.717, 1.165) is 0 Å². The van der Waals surface area contributed by atoms with E-state index >= 15 is 0 Å². The number of methoxy groups -OCH3 is 1. The molecule has 31 heavy (non-hydrogen) atoms. The Balaban J connectivity index is 2.38. The lowest BCUT2D eigenvalue weighted by Gasteiger charge is -2.21. The Morgan fingerprint density at radius 2 is 1.68 bits per heavy atom. The molecule has 1 amide bonds. The fourth-order valence-electron chi connectivity index (χ4n) is 2.98. The molecule has 2 aromatic carbocycles. The number of carbonyl (C=O) groups excluding carboxylic acids is 2. The monoisotopic (exact) mass is 486 g/mol. The van der Waals surface area contributed by atoms with Gasteiger partial charge in [-0.1, -0.05) is 49.2 Å². The third-order valence-corrected chi connectivity index (χ3v) is 7.48. The molecular weight excluding hydrogens is 463 g/mol. The Labute approximate surface area is 192 Å². The van der Waals surface area contributed by atoms with Crippen LogP contribution in [0.25, 0.3) is 0 Å². The number of nitrogens with one attached hydrogen (secondary N) is 1. The van der Waals surface area contributed by atoms with E-state index in [1.807, 2.05) is 0 Å². The number of ether oxygens (including phenoxy) is 1. The highest BCUT2D eigenvalue weighted by Crippen LogP contribution is 2.27. The number of esters is 1. The summed E-state index contributed by atoms with van der Waals surface area (Å²) in [4.78, 5) is 24.6. The topological polar surface area (TPSA) is 92.8 Å². The molecule has 1 unspecified atom stereocenters. The van der Waals surface area contributed by atoms with Gasteiger partial charge in [-0.25, -0.2) is 8.42 Å². The lowest BCUT2D eigenvalue weighted by molar-refractivity contribution is -0.141. The standard InChI is InChI=1S/C21H24Cl2N2O5S/c1-4-25(5-2)31(28,29)19-12-15(8-11-17(19)23)21(27)24-18(13-20(26)30-3)14-6-9-16(22)10-7-14/h6-12,18H,4-5,13H2,1-3H3,(H,24,27). The van der Waals surface area contributed by atoms with E-state index in [9.17, 15) is 18.0 Å². The molecule has 7 nitrogen and oxygen atoms in total. The van der Waals surface area contributed by atoms with Gasteiger partial charge < -0.3 is 10.1 Å². The summed E-state index contributed by atoms with van der Waals surface area (Å²) >= 11 is 12.1. The Morgan fingerprint density at radius 3 is 2.23 bits per heavy atom. The van der Waals surface area contributed by atoms with E-state index in [1.54, 1.807) is 38.1 Å². The minimum absolute atomic E-state index is 0.0206. The van der Waals surface area contributed by atoms with E-state index in [4.69, 9.17) is 27.9 Å². The lowest BCUT2D eigenvalue weighted by Crippen LogP contribution is -2.32. The van der Waals surface area contributed by atoms with Crippen LogP contribution in [0.1, 0.15) is 42.2 Å². The molecule has 0 aliphatic carbocycles. The molecule has 0 radical (unpaired) electrons. The number of sulfonamides is 1. The van der Waals surface area contributed by atoms with Crippen LogP contribution < -0.4 is 5.32 Å². The smallest absolute Gasteiger partial charge is 0.307 e.